The fraction of sp³-hybridized carbons (Fsp3) is 0.267. The van der Waals surface area contributed by atoms with Gasteiger partial charge in [-0.15, -0.1) is 0 Å². The van der Waals surface area contributed by atoms with Gasteiger partial charge in [0.1, 0.15) is 10.7 Å². The van der Waals surface area contributed by atoms with Crippen LogP contribution in [-0.4, -0.2) is 39.6 Å². The molecule has 2 aromatic rings. The van der Waals surface area contributed by atoms with E-state index in [0.717, 1.165) is 42.7 Å². The number of nitrogens with zero attached hydrogens (tertiary/aromatic N) is 3. The molecule has 1 aliphatic rings. The van der Waals surface area contributed by atoms with E-state index in [9.17, 15) is 8.42 Å². The van der Waals surface area contributed by atoms with Crippen LogP contribution in [0.25, 0.3) is 0 Å². The van der Waals surface area contributed by atoms with Gasteiger partial charge in [-0.1, -0.05) is 23.7 Å². The smallest absolute Gasteiger partial charge is 0.239 e. The number of nitrogens with two attached hydrogens (primary N) is 1. The van der Waals surface area contributed by atoms with Crippen molar-refractivity contribution in [2.24, 2.45) is 5.14 Å². The van der Waals surface area contributed by atoms with E-state index >= 15 is 0 Å². The molecule has 2 N–H and O–H groups in total. The molecule has 122 valence electrons. The van der Waals surface area contributed by atoms with Crippen LogP contribution in [0.4, 0.5) is 11.5 Å². The van der Waals surface area contributed by atoms with E-state index in [1.807, 2.05) is 24.3 Å². The largest absolute Gasteiger partial charge is 0.367 e. The van der Waals surface area contributed by atoms with Crippen molar-refractivity contribution >= 4 is 33.1 Å². The number of aromatic nitrogens is 1. The van der Waals surface area contributed by atoms with Crippen LogP contribution in [0.3, 0.4) is 0 Å². The maximum Gasteiger partial charge on any atom is 0.239 e. The van der Waals surface area contributed by atoms with Crippen LogP contribution < -0.4 is 14.9 Å². The summed E-state index contributed by atoms with van der Waals surface area (Å²) < 4.78 is 22.5. The first-order valence-electron chi connectivity index (χ1n) is 7.18. The molecular formula is C15H17ClN4O2S. The Labute approximate surface area is 140 Å². The van der Waals surface area contributed by atoms with Gasteiger partial charge in [-0.25, -0.2) is 18.5 Å². The minimum Gasteiger partial charge on any atom is -0.367 e. The summed E-state index contributed by atoms with van der Waals surface area (Å²) in [5.41, 5.74) is 1.03. The average Bonchev–Trinajstić information content (AvgIpc) is 2.55. The number of anilines is 2. The fourth-order valence-electron chi connectivity index (χ4n) is 2.61. The monoisotopic (exact) mass is 352 g/mol. The number of benzene rings is 1. The second kappa shape index (κ2) is 6.35. The predicted molar refractivity (Wildman–Crippen MR) is 91.5 cm³/mol. The first-order valence-corrected chi connectivity index (χ1v) is 9.11. The quantitative estimate of drug-likeness (QED) is 0.909. The van der Waals surface area contributed by atoms with Gasteiger partial charge < -0.3 is 9.80 Å². The SMILES string of the molecule is NS(=O)(=O)c1ccc(N2CCN(c3ccccc3Cl)CC2)nc1. The highest BCUT2D eigenvalue weighted by molar-refractivity contribution is 7.89. The molecule has 1 saturated heterocycles. The molecule has 0 saturated carbocycles. The Morgan fingerprint density at radius 2 is 1.65 bits per heavy atom. The number of pyridine rings is 1. The first-order chi connectivity index (χ1) is 10.9. The van der Waals surface area contributed by atoms with Gasteiger partial charge in [0, 0.05) is 32.4 Å². The maximum absolute atomic E-state index is 11.3. The van der Waals surface area contributed by atoms with Crippen molar-refractivity contribution in [2.45, 2.75) is 4.90 Å². The Morgan fingerprint density at radius 1 is 1.00 bits per heavy atom. The standard InChI is InChI=1S/C15H17ClN4O2S/c16-13-3-1-2-4-14(13)19-7-9-20(10-8-19)15-6-5-12(11-18-15)23(17,21)22/h1-6,11H,7-10H2,(H2,17,21,22). The lowest BCUT2D eigenvalue weighted by Crippen LogP contribution is -2.46. The Balaban J connectivity index is 1.68. The highest BCUT2D eigenvalue weighted by Crippen LogP contribution is 2.26. The number of piperazine rings is 1. The number of primary sulfonamides is 1. The number of halogens is 1. The Kier molecular flexibility index (Phi) is 4.43. The van der Waals surface area contributed by atoms with Gasteiger partial charge in [-0.3, -0.25) is 0 Å². The third-order valence-corrected chi connectivity index (χ3v) is 5.06. The summed E-state index contributed by atoms with van der Waals surface area (Å²) in [6.07, 6.45) is 1.30. The Morgan fingerprint density at radius 3 is 2.22 bits per heavy atom. The van der Waals surface area contributed by atoms with Gasteiger partial charge in [0.2, 0.25) is 10.0 Å². The van der Waals surface area contributed by atoms with E-state index in [4.69, 9.17) is 16.7 Å². The maximum atomic E-state index is 11.3. The molecule has 1 fully saturated rings. The van der Waals surface area contributed by atoms with E-state index < -0.39 is 10.0 Å². The molecule has 1 aromatic carbocycles. The van der Waals surface area contributed by atoms with Crippen LogP contribution in [0, 0.1) is 0 Å². The summed E-state index contributed by atoms with van der Waals surface area (Å²) in [6, 6.07) is 11.0. The second-order valence-corrected chi connectivity index (χ2v) is 7.29. The van der Waals surface area contributed by atoms with Crippen LogP contribution in [-0.2, 0) is 10.0 Å². The molecular weight excluding hydrogens is 336 g/mol. The Hall–Kier alpha value is -1.83. The summed E-state index contributed by atoms with van der Waals surface area (Å²) in [7, 11) is -3.70. The molecule has 0 atom stereocenters. The fourth-order valence-corrected chi connectivity index (χ4v) is 3.33. The summed E-state index contributed by atoms with van der Waals surface area (Å²) >= 11 is 6.23. The molecule has 0 bridgehead atoms. The number of rotatable bonds is 3. The average molecular weight is 353 g/mol. The zero-order valence-electron chi connectivity index (χ0n) is 12.4. The highest BCUT2D eigenvalue weighted by atomic mass is 35.5. The van der Waals surface area contributed by atoms with Gasteiger partial charge in [-0.05, 0) is 24.3 Å². The minimum atomic E-state index is -3.70. The van der Waals surface area contributed by atoms with E-state index in [0.29, 0.717) is 0 Å². The summed E-state index contributed by atoms with van der Waals surface area (Å²) in [5, 5.41) is 5.83. The molecule has 0 spiro atoms. The Bertz CT molecular complexity index is 787. The summed E-state index contributed by atoms with van der Waals surface area (Å²) in [6.45, 7) is 3.21. The molecule has 0 amide bonds. The molecule has 6 nitrogen and oxygen atoms in total. The lowest BCUT2D eigenvalue weighted by Gasteiger charge is -2.37. The van der Waals surface area contributed by atoms with Crippen molar-refractivity contribution in [1.29, 1.82) is 0 Å². The van der Waals surface area contributed by atoms with Gasteiger partial charge in [0.05, 0.1) is 10.7 Å². The topological polar surface area (TPSA) is 79.5 Å². The van der Waals surface area contributed by atoms with Gasteiger partial charge in [0.25, 0.3) is 0 Å². The summed E-state index contributed by atoms with van der Waals surface area (Å²) in [4.78, 5) is 8.58. The van der Waals surface area contributed by atoms with E-state index in [-0.39, 0.29) is 4.90 Å². The van der Waals surface area contributed by atoms with Crippen molar-refractivity contribution in [3.8, 4) is 0 Å². The lowest BCUT2D eigenvalue weighted by atomic mass is 10.2. The molecule has 8 heteroatoms. The van der Waals surface area contributed by atoms with Gasteiger partial charge in [0.15, 0.2) is 0 Å². The molecule has 1 aliphatic heterocycles. The number of para-hydroxylation sites is 1. The van der Waals surface area contributed by atoms with Crippen LogP contribution in [0.2, 0.25) is 5.02 Å². The third kappa shape index (κ3) is 3.57. The van der Waals surface area contributed by atoms with Crippen molar-refractivity contribution < 1.29 is 8.42 Å². The summed E-state index contributed by atoms with van der Waals surface area (Å²) in [5.74, 6) is 0.746. The molecule has 1 aromatic heterocycles. The molecule has 2 heterocycles. The van der Waals surface area contributed by atoms with Crippen molar-refractivity contribution in [1.82, 2.24) is 4.98 Å². The van der Waals surface area contributed by atoms with Gasteiger partial charge >= 0.3 is 0 Å². The van der Waals surface area contributed by atoms with E-state index in [1.165, 1.54) is 12.3 Å². The van der Waals surface area contributed by atoms with Crippen LogP contribution in [0.5, 0.6) is 0 Å². The zero-order chi connectivity index (χ0) is 16.4. The molecule has 0 aliphatic carbocycles. The molecule has 0 unspecified atom stereocenters. The number of hydrogen-bond donors (Lipinski definition) is 1. The predicted octanol–water partition coefficient (Wildman–Crippen LogP) is 1.71. The van der Waals surface area contributed by atoms with E-state index in [1.54, 1.807) is 6.07 Å². The van der Waals surface area contributed by atoms with E-state index in [2.05, 4.69) is 14.8 Å². The minimum absolute atomic E-state index is 0.0240. The zero-order valence-corrected chi connectivity index (χ0v) is 14.0. The van der Waals surface area contributed by atoms with Gasteiger partial charge in [-0.2, -0.15) is 0 Å². The second-order valence-electron chi connectivity index (χ2n) is 5.32. The van der Waals surface area contributed by atoms with Crippen molar-refractivity contribution in [3.63, 3.8) is 0 Å². The van der Waals surface area contributed by atoms with Crippen molar-refractivity contribution in [2.75, 3.05) is 36.0 Å². The number of hydrogen-bond acceptors (Lipinski definition) is 5. The third-order valence-electron chi connectivity index (χ3n) is 3.85. The normalized spacial score (nSPS) is 15.7. The van der Waals surface area contributed by atoms with Crippen molar-refractivity contribution in [3.05, 3.63) is 47.6 Å². The molecule has 23 heavy (non-hydrogen) atoms. The molecule has 3 rings (SSSR count). The number of sulfonamides is 1. The highest BCUT2D eigenvalue weighted by Gasteiger charge is 2.20. The van der Waals surface area contributed by atoms with Crippen LogP contribution >= 0.6 is 11.6 Å². The lowest BCUT2D eigenvalue weighted by molar-refractivity contribution is 0.597. The van der Waals surface area contributed by atoms with Crippen LogP contribution in [0.15, 0.2) is 47.5 Å². The molecule has 0 radical (unpaired) electrons. The first kappa shape index (κ1) is 16.0. The van der Waals surface area contributed by atoms with Crippen LogP contribution in [0.1, 0.15) is 0 Å².